The van der Waals surface area contributed by atoms with Gasteiger partial charge in [0.05, 0.1) is 0 Å². The monoisotopic (exact) mass is 153 g/mol. The Hall–Kier alpha value is -0.480. The van der Waals surface area contributed by atoms with E-state index >= 15 is 0 Å². The minimum atomic E-state index is 0.500. The zero-order valence-electron chi connectivity index (χ0n) is 7.85. The topological polar surface area (TPSA) is 12.0 Å². The number of terminal acetylenes is 1. The summed E-state index contributed by atoms with van der Waals surface area (Å²) < 4.78 is 0. The highest BCUT2D eigenvalue weighted by molar-refractivity contribution is 4.90. The molecule has 0 radical (unpaired) electrons. The predicted molar refractivity (Wildman–Crippen MR) is 50.4 cm³/mol. The third-order valence-electron chi connectivity index (χ3n) is 1.80. The largest absolute Gasteiger partial charge is 0.313 e. The number of rotatable bonds is 5. The third kappa shape index (κ3) is 4.86. The van der Waals surface area contributed by atoms with Crippen LogP contribution in [0.5, 0.6) is 0 Å². The Labute approximate surface area is 70.6 Å². The number of hydrogen-bond donors (Lipinski definition) is 1. The molecule has 1 unspecified atom stereocenters. The highest BCUT2D eigenvalue weighted by atomic mass is 14.9. The van der Waals surface area contributed by atoms with Crippen LogP contribution >= 0.6 is 0 Å². The van der Waals surface area contributed by atoms with Crippen molar-refractivity contribution in [3.8, 4) is 12.3 Å². The van der Waals surface area contributed by atoms with Crippen molar-refractivity contribution >= 4 is 0 Å². The Bertz CT molecular complexity index is 121. The molecule has 0 aromatic heterocycles. The molecule has 0 saturated heterocycles. The molecule has 64 valence electrons. The van der Waals surface area contributed by atoms with E-state index in [1.807, 2.05) is 0 Å². The molecule has 11 heavy (non-hydrogen) atoms. The summed E-state index contributed by atoms with van der Waals surface area (Å²) in [5, 5.41) is 3.43. The Kier molecular flexibility index (Phi) is 5.97. The summed E-state index contributed by atoms with van der Waals surface area (Å²) in [5.74, 6) is 3.33. The van der Waals surface area contributed by atoms with E-state index in [1.165, 1.54) is 6.42 Å². The molecule has 0 aliphatic carbocycles. The van der Waals surface area contributed by atoms with Crippen LogP contribution in [0.4, 0.5) is 0 Å². The van der Waals surface area contributed by atoms with Crippen LogP contribution in [0.25, 0.3) is 0 Å². The Morgan fingerprint density at radius 1 is 1.45 bits per heavy atom. The molecule has 0 aromatic rings. The molecule has 1 heteroatoms. The average Bonchev–Trinajstić information content (AvgIpc) is 1.97. The molecule has 0 amide bonds. The van der Waals surface area contributed by atoms with Gasteiger partial charge < -0.3 is 5.32 Å². The van der Waals surface area contributed by atoms with E-state index < -0.39 is 0 Å². The second-order valence-electron chi connectivity index (χ2n) is 3.21. The van der Waals surface area contributed by atoms with Crippen molar-refractivity contribution in [2.75, 3.05) is 6.54 Å². The maximum Gasteiger partial charge on any atom is 0.0243 e. The second kappa shape index (κ2) is 6.24. The van der Waals surface area contributed by atoms with Crippen LogP contribution in [-0.4, -0.2) is 12.6 Å². The molecule has 0 fully saturated rings. The van der Waals surface area contributed by atoms with Crippen LogP contribution in [-0.2, 0) is 0 Å². The van der Waals surface area contributed by atoms with Gasteiger partial charge in [-0.2, -0.15) is 0 Å². The van der Waals surface area contributed by atoms with E-state index in [0.29, 0.717) is 12.0 Å². The summed E-state index contributed by atoms with van der Waals surface area (Å²) in [7, 11) is 0. The van der Waals surface area contributed by atoms with Crippen molar-refractivity contribution in [2.45, 2.75) is 39.7 Å². The van der Waals surface area contributed by atoms with Gasteiger partial charge in [0.25, 0.3) is 0 Å². The van der Waals surface area contributed by atoms with Gasteiger partial charge in [0.1, 0.15) is 0 Å². The summed E-state index contributed by atoms with van der Waals surface area (Å²) in [5.41, 5.74) is 0. The van der Waals surface area contributed by atoms with Gasteiger partial charge >= 0.3 is 0 Å². The maximum atomic E-state index is 5.25. The molecule has 1 atom stereocenters. The van der Waals surface area contributed by atoms with Crippen LogP contribution in [0, 0.1) is 18.3 Å². The van der Waals surface area contributed by atoms with Gasteiger partial charge in [0.15, 0.2) is 0 Å². The SMILES string of the molecule is C#CCC(NCCC)C(C)C. The van der Waals surface area contributed by atoms with Gasteiger partial charge in [-0.3, -0.25) is 0 Å². The van der Waals surface area contributed by atoms with Gasteiger partial charge in [-0.05, 0) is 18.9 Å². The minimum Gasteiger partial charge on any atom is -0.313 e. The zero-order valence-corrected chi connectivity index (χ0v) is 7.85. The maximum absolute atomic E-state index is 5.25. The highest BCUT2D eigenvalue weighted by Gasteiger charge is 2.09. The first kappa shape index (κ1) is 10.5. The quantitative estimate of drug-likeness (QED) is 0.596. The first-order chi connectivity index (χ1) is 5.22. The Balaban J connectivity index is 3.62. The van der Waals surface area contributed by atoms with Crippen LogP contribution in [0.3, 0.4) is 0 Å². The normalized spacial score (nSPS) is 13.0. The van der Waals surface area contributed by atoms with Gasteiger partial charge in [-0.15, -0.1) is 12.3 Å². The fraction of sp³-hybridized carbons (Fsp3) is 0.800. The van der Waals surface area contributed by atoms with E-state index in [1.54, 1.807) is 0 Å². The molecule has 1 nitrogen and oxygen atoms in total. The van der Waals surface area contributed by atoms with Crippen molar-refractivity contribution in [2.24, 2.45) is 5.92 Å². The van der Waals surface area contributed by atoms with Gasteiger partial charge in [-0.25, -0.2) is 0 Å². The molecule has 1 N–H and O–H groups in total. The fourth-order valence-electron chi connectivity index (χ4n) is 1.00. The van der Waals surface area contributed by atoms with Crippen molar-refractivity contribution in [3.05, 3.63) is 0 Å². The summed E-state index contributed by atoms with van der Waals surface area (Å²) in [6.45, 7) is 7.64. The Morgan fingerprint density at radius 3 is 2.45 bits per heavy atom. The summed E-state index contributed by atoms with van der Waals surface area (Å²) in [6, 6.07) is 0.500. The molecule has 0 bridgehead atoms. The van der Waals surface area contributed by atoms with Crippen molar-refractivity contribution in [1.82, 2.24) is 5.32 Å². The van der Waals surface area contributed by atoms with Crippen molar-refractivity contribution < 1.29 is 0 Å². The third-order valence-corrected chi connectivity index (χ3v) is 1.80. The van der Waals surface area contributed by atoms with E-state index in [9.17, 15) is 0 Å². The lowest BCUT2D eigenvalue weighted by atomic mass is 10.0. The smallest absolute Gasteiger partial charge is 0.0243 e. The zero-order chi connectivity index (χ0) is 8.69. The highest BCUT2D eigenvalue weighted by Crippen LogP contribution is 2.04. The van der Waals surface area contributed by atoms with Gasteiger partial charge in [0, 0.05) is 12.5 Å². The van der Waals surface area contributed by atoms with Crippen LogP contribution < -0.4 is 5.32 Å². The lowest BCUT2D eigenvalue weighted by Crippen LogP contribution is -2.33. The molecule has 0 heterocycles. The summed E-state index contributed by atoms with van der Waals surface area (Å²) >= 11 is 0. The van der Waals surface area contributed by atoms with Crippen LogP contribution in [0.15, 0.2) is 0 Å². The van der Waals surface area contributed by atoms with E-state index in [2.05, 4.69) is 32.0 Å². The molecule has 0 spiro atoms. The van der Waals surface area contributed by atoms with Gasteiger partial charge in [0.2, 0.25) is 0 Å². The molecular formula is C10H19N. The molecule has 0 aromatic carbocycles. The standard InChI is InChI=1S/C10H19N/c1-5-7-10(9(3)4)11-8-6-2/h1,9-11H,6-8H2,2-4H3. The Morgan fingerprint density at radius 2 is 2.09 bits per heavy atom. The molecule has 0 aliphatic heterocycles. The number of hydrogen-bond acceptors (Lipinski definition) is 1. The van der Waals surface area contributed by atoms with Crippen LogP contribution in [0.2, 0.25) is 0 Å². The molecule has 0 rings (SSSR count). The van der Waals surface area contributed by atoms with Crippen molar-refractivity contribution in [3.63, 3.8) is 0 Å². The van der Waals surface area contributed by atoms with Gasteiger partial charge in [-0.1, -0.05) is 20.8 Å². The lowest BCUT2D eigenvalue weighted by Gasteiger charge is -2.19. The molecule has 0 aliphatic rings. The first-order valence-electron chi connectivity index (χ1n) is 4.39. The summed E-state index contributed by atoms with van der Waals surface area (Å²) in [6.07, 6.45) is 7.27. The molecule has 0 saturated carbocycles. The minimum absolute atomic E-state index is 0.500. The molecular weight excluding hydrogens is 134 g/mol. The van der Waals surface area contributed by atoms with E-state index in [0.717, 1.165) is 13.0 Å². The average molecular weight is 153 g/mol. The summed E-state index contributed by atoms with van der Waals surface area (Å²) in [4.78, 5) is 0. The second-order valence-corrected chi connectivity index (χ2v) is 3.21. The predicted octanol–water partition coefficient (Wildman–Crippen LogP) is 2.03. The van der Waals surface area contributed by atoms with E-state index in [-0.39, 0.29) is 0 Å². The fourth-order valence-corrected chi connectivity index (χ4v) is 1.00. The number of nitrogens with one attached hydrogen (secondary N) is 1. The first-order valence-corrected chi connectivity index (χ1v) is 4.39. The van der Waals surface area contributed by atoms with Crippen molar-refractivity contribution in [1.29, 1.82) is 0 Å². The lowest BCUT2D eigenvalue weighted by molar-refractivity contribution is 0.406. The van der Waals surface area contributed by atoms with Crippen LogP contribution in [0.1, 0.15) is 33.6 Å². The van der Waals surface area contributed by atoms with E-state index in [4.69, 9.17) is 6.42 Å².